The molecule has 22 heavy (non-hydrogen) atoms. The van der Waals surface area contributed by atoms with Crippen LogP contribution in [0, 0.1) is 0 Å². The molecule has 2 rings (SSSR count). The Labute approximate surface area is 130 Å². The minimum Gasteiger partial charge on any atom is -0.394 e. The highest BCUT2D eigenvalue weighted by atomic mass is 16.5. The number of aliphatic hydroxyl groups is 1. The average molecular weight is 302 g/mol. The fourth-order valence-electron chi connectivity index (χ4n) is 2.46. The fraction of sp³-hybridized carbons (Fsp3) is 0.412. The standard InChI is InChI=1S/C17H22N2O3/c1-3-14-13(16(4-2)22-19-14)10-17(21)18-15(11-20)12-8-6-5-7-9-12/h5-9,15,20H,3-4,10-11H2,1-2H3,(H,18,21). The van der Waals surface area contributed by atoms with Crippen molar-refractivity contribution in [2.75, 3.05) is 6.61 Å². The van der Waals surface area contributed by atoms with Crippen LogP contribution in [0.3, 0.4) is 0 Å². The van der Waals surface area contributed by atoms with E-state index in [4.69, 9.17) is 4.52 Å². The molecular formula is C17H22N2O3. The zero-order chi connectivity index (χ0) is 15.9. The second-order valence-corrected chi connectivity index (χ2v) is 5.13. The third kappa shape index (κ3) is 3.74. The molecule has 1 aromatic heterocycles. The van der Waals surface area contributed by atoms with Crippen LogP contribution < -0.4 is 5.32 Å². The average Bonchev–Trinajstić information content (AvgIpc) is 2.95. The van der Waals surface area contributed by atoms with E-state index in [1.165, 1.54) is 0 Å². The van der Waals surface area contributed by atoms with Crippen LogP contribution >= 0.6 is 0 Å². The number of benzene rings is 1. The SMILES string of the molecule is CCc1noc(CC)c1CC(=O)NC(CO)c1ccccc1. The summed E-state index contributed by atoms with van der Waals surface area (Å²) in [6.45, 7) is 3.82. The van der Waals surface area contributed by atoms with Crippen molar-refractivity contribution >= 4 is 5.91 Å². The lowest BCUT2D eigenvalue weighted by atomic mass is 10.0. The molecule has 0 radical (unpaired) electrons. The molecular weight excluding hydrogens is 280 g/mol. The molecule has 1 aromatic carbocycles. The normalized spacial score (nSPS) is 12.1. The number of nitrogens with zero attached hydrogens (tertiary/aromatic N) is 1. The topological polar surface area (TPSA) is 75.4 Å². The Morgan fingerprint density at radius 3 is 2.59 bits per heavy atom. The summed E-state index contributed by atoms with van der Waals surface area (Å²) >= 11 is 0. The van der Waals surface area contributed by atoms with Crippen LogP contribution in [0.1, 0.15) is 42.5 Å². The highest BCUT2D eigenvalue weighted by Gasteiger charge is 2.19. The lowest BCUT2D eigenvalue weighted by molar-refractivity contribution is -0.121. The Bertz CT molecular complexity index is 586. The second kappa shape index (κ2) is 7.75. The Hall–Kier alpha value is -2.14. The minimum atomic E-state index is -0.399. The van der Waals surface area contributed by atoms with Crippen LogP contribution in [0.5, 0.6) is 0 Å². The quantitative estimate of drug-likeness (QED) is 0.822. The predicted octanol–water partition coefficient (Wildman–Crippen LogP) is 2.19. The molecule has 2 N–H and O–H groups in total. The monoisotopic (exact) mass is 302 g/mol. The van der Waals surface area contributed by atoms with E-state index in [2.05, 4.69) is 10.5 Å². The van der Waals surface area contributed by atoms with Gasteiger partial charge in [0.2, 0.25) is 5.91 Å². The molecule has 0 aliphatic heterocycles. The van der Waals surface area contributed by atoms with Crippen molar-refractivity contribution in [3.8, 4) is 0 Å². The first-order chi connectivity index (χ1) is 10.7. The fourth-order valence-corrected chi connectivity index (χ4v) is 2.46. The van der Waals surface area contributed by atoms with Gasteiger partial charge in [-0.05, 0) is 12.0 Å². The number of hydrogen-bond donors (Lipinski definition) is 2. The summed E-state index contributed by atoms with van der Waals surface area (Å²) < 4.78 is 5.27. The van der Waals surface area contributed by atoms with Crippen LogP contribution in [0.2, 0.25) is 0 Å². The Morgan fingerprint density at radius 1 is 1.27 bits per heavy atom. The van der Waals surface area contributed by atoms with Gasteiger partial charge in [-0.2, -0.15) is 0 Å². The molecule has 1 unspecified atom stereocenters. The predicted molar refractivity (Wildman–Crippen MR) is 83.4 cm³/mol. The number of aryl methyl sites for hydroxylation is 2. The molecule has 0 saturated carbocycles. The third-order valence-corrected chi connectivity index (χ3v) is 3.66. The number of hydrogen-bond acceptors (Lipinski definition) is 4. The Kier molecular flexibility index (Phi) is 5.72. The minimum absolute atomic E-state index is 0.138. The Morgan fingerprint density at radius 2 is 2.00 bits per heavy atom. The second-order valence-electron chi connectivity index (χ2n) is 5.13. The number of aromatic nitrogens is 1. The summed E-state index contributed by atoms with van der Waals surface area (Å²) in [5.74, 6) is 0.614. The number of carbonyl (C=O) groups is 1. The van der Waals surface area contributed by atoms with E-state index in [0.717, 1.165) is 29.0 Å². The van der Waals surface area contributed by atoms with Gasteiger partial charge >= 0.3 is 0 Å². The molecule has 0 spiro atoms. The maximum Gasteiger partial charge on any atom is 0.225 e. The summed E-state index contributed by atoms with van der Waals surface area (Å²) in [4.78, 5) is 12.3. The molecule has 1 heterocycles. The molecule has 1 amide bonds. The molecule has 2 aromatic rings. The van der Waals surface area contributed by atoms with E-state index in [1.54, 1.807) is 0 Å². The van der Waals surface area contributed by atoms with Gasteiger partial charge in [-0.3, -0.25) is 4.79 Å². The maximum atomic E-state index is 12.3. The highest BCUT2D eigenvalue weighted by molar-refractivity contribution is 5.79. The zero-order valence-corrected chi connectivity index (χ0v) is 13.0. The largest absolute Gasteiger partial charge is 0.394 e. The van der Waals surface area contributed by atoms with Gasteiger partial charge in [0.1, 0.15) is 5.76 Å². The number of amides is 1. The van der Waals surface area contributed by atoms with Gasteiger partial charge in [-0.1, -0.05) is 49.3 Å². The van der Waals surface area contributed by atoms with E-state index < -0.39 is 6.04 Å². The molecule has 5 nitrogen and oxygen atoms in total. The summed E-state index contributed by atoms with van der Waals surface area (Å²) in [6, 6.07) is 9.04. The van der Waals surface area contributed by atoms with Gasteiger partial charge in [0.05, 0.1) is 24.8 Å². The van der Waals surface area contributed by atoms with Crippen molar-refractivity contribution in [1.29, 1.82) is 0 Å². The molecule has 0 aliphatic rings. The van der Waals surface area contributed by atoms with E-state index >= 15 is 0 Å². The summed E-state index contributed by atoms with van der Waals surface area (Å²) in [6.07, 6.45) is 1.66. The molecule has 0 aliphatic carbocycles. The van der Waals surface area contributed by atoms with Crippen LogP contribution in [-0.2, 0) is 24.1 Å². The third-order valence-electron chi connectivity index (χ3n) is 3.66. The van der Waals surface area contributed by atoms with Gasteiger partial charge in [0, 0.05) is 12.0 Å². The smallest absolute Gasteiger partial charge is 0.225 e. The number of rotatable bonds is 7. The van der Waals surface area contributed by atoms with Crippen molar-refractivity contribution in [1.82, 2.24) is 10.5 Å². The molecule has 5 heteroatoms. The van der Waals surface area contributed by atoms with Crippen LogP contribution in [-0.4, -0.2) is 22.8 Å². The van der Waals surface area contributed by atoms with Crippen molar-refractivity contribution in [2.45, 2.75) is 39.2 Å². The molecule has 0 saturated heterocycles. The lowest BCUT2D eigenvalue weighted by Crippen LogP contribution is -2.32. The van der Waals surface area contributed by atoms with Crippen LogP contribution in [0.25, 0.3) is 0 Å². The van der Waals surface area contributed by atoms with Crippen LogP contribution in [0.15, 0.2) is 34.9 Å². The highest BCUT2D eigenvalue weighted by Crippen LogP contribution is 2.17. The number of nitrogens with one attached hydrogen (secondary N) is 1. The number of aliphatic hydroxyl groups excluding tert-OH is 1. The van der Waals surface area contributed by atoms with Gasteiger partial charge in [-0.15, -0.1) is 0 Å². The van der Waals surface area contributed by atoms with E-state index in [1.807, 2.05) is 44.2 Å². The van der Waals surface area contributed by atoms with E-state index in [0.29, 0.717) is 6.42 Å². The summed E-state index contributed by atoms with van der Waals surface area (Å²) in [5.41, 5.74) is 2.58. The Balaban J connectivity index is 2.08. The van der Waals surface area contributed by atoms with Gasteiger partial charge in [-0.25, -0.2) is 0 Å². The molecule has 118 valence electrons. The first-order valence-electron chi connectivity index (χ1n) is 7.61. The van der Waals surface area contributed by atoms with Gasteiger partial charge in [0.15, 0.2) is 0 Å². The molecule has 0 fully saturated rings. The zero-order valence-electron chi connectivity index (χ0n) is 13.0. The van der Waals surface area contributed by atoms with E-state index in [9.17, 15) is 9.90 Å². The summed E-state index contributed by atoms with van der Waals surface area (Å²) in [5, 5.41) is 16.4. The lowest BCUT2D eigenvalue weighted by Gasteiger charge is -2.16. The van der Waals surface area contributed by atoms with Crippen molar-refractivity contribution in [2.24, 2.45) is 0 Å². The van der Waals surface area contributed by atoms with Crippen molar-refractivity contribution in [3.63, 3.8) is 0 Å². The molecule has 0 bridgehead atoms. The van der Waals surface area contributed by atoms with Gasteiger partial charge < -0.3 is 14.9 Å². The number of carbonyl (C=O) groups excluding carboxylic acids is 1. The van der Waals surface area contributed by atoms with Crippen molar-refractivity contribution in [3.05, 3.63) is 52.9 Å². The first kappa shape index (κ1) is 16.2. The maximum absolute atomic E-state index is 12.3. The van der Waals surface area contributed by atoms with Crippen molar-refractivity contribution < 1.29 is 14.4 Å². The first-order valence-corrected chi connectivity index (χ1v) is 7.61. The summed E-state index contributed by atoms with van der Waals surface area (Å²) in [7, 11) is 0. The van der Waals surface area contributed by atoms with Gasteiger partial charge in [0.25, 0.3) is 0 Å². The van der Waals surface area contributed by atoms with Crippen LogP contribution in [0.4, 0.5) is 0 Å². The molecule has 1 atom stereocenters. The van der Waals surface area contributed by atoms with E-state index in [-0.39, 0.29) is 18.9 Å².